The first-order valence-electron chi connectivity index (χ1n) is 4.88. The average molecular weight is 264 g/mol. The van der Waals surface area contributed by atoms with Gasteiger partial charge in [0.15, 0.2) is 9.84 Å². The number of hydrazine groups is 1. The van der Waals surface area contributed by atoms with Gasteiger partial charge in [-0.15, -0.1) is 0 Å². The molecule has 0 aliphatic carbocycles. The standard InChI is InChI=1S/C10H14F2N2O2S/c1-6(17(2,15)16)10(14-13)9-7(11)4-3-5-8(9)12/h3-6,10,14H,13H2,1-2H3. The zero-order chi connectivity index (χ0) is 13.2. The fraction of sp³-hybridized carbons (Fsp3) is 0.400. The van der Waals surface area contributed by atoms with Gasteiger partial charge in [0.05, 0.1) is 11.3 Å². The van der Waals surface area contributed by atoms with E-state index in [2.05, 4.69) is 5.43 Å². The molecule has 0 bridgehead atoms. The predicted octanol–water partition coefficient (Wildman–Crippen LogP) is 0.902. The highest BCUT2D eigenvalue weighted by Gasteiger charge is 2.30. The van der Waals surface area contributed by atoms with Crippen molar-refractivity contribution in [2.75, 3.05) is 6.26 Å². The van der Waals surface area contributed by atoms with Crippen molar-refractivity contribution < 1.29 is 17.2 Å². The quantitative estimate of drug-likeness (QED) is 0.626. The topological polar surface area (TPSA) is 72.2 Å². The van der Waals surface area contributed by atoms with Crippen LogP contribution in [0.5, 0.6) is 0 Å². The first-order valence-corrected chi connectivity index (χ1v) is 6.83. The molecule has 1 rings (SSSR count). The van der Waals surface area contributed by atoms with Crippen LogP contribution in [0.15, 0.2) is 18.2 Å². The Kier molecular flexibility index (Phi) is 4.18. The van der Waals surface area contributed by atoms with E-state index in [1.807, 2.05) is 0 Å². The molecule has 0 fully saturated rings. The van der Waals surface area contributed by atoms with Gasteiger partial charge in [0.25, 0.3) is 0 Å². The van der Waals surface area contributed by atoms with Crippen molar-refractivity contribution in [3.63, 3.8) is 0 Å². The van der Waals surface area contributed by atoms with Crippen LogP contribution in [0.4, 0.5) is 8.78 Å². The van der Waals surface area contributed by atoms with Gasteiger partial charge >= 0.3 is 0 Å². The number of hydrogen-bond acceptors (Lipinski definition) is 4. The third-order valence-electron chi connectivity index (χ3n) is 2.64. The average Bonchev–Trinajstić information content (AvgIpc) is 2.21. The number of nitrogens with two attached hydrogens (primary N) is 1. The molecule has 1 aromatic rings. The monoisotopic (exact) mass is 264 g/mol. The molecule has 0 radical (unpaired) electrons. The van der Waals surface area contributed by atoms with Crippen LogP contribution < -0.4 is 11.3 Å². The molecule has 0 amide bonds. The molecule has 17 heavy (non-hydrogen) atoms. The lowest BCUT2D eigenvalue weighted by Gasteiger charge is -2.23. The van der Waals surface area contributed by atoms with Crippen molar-refractivity contribution in [2.45, 2.75) is 18.2 Å². The summed E-state index contributed by atoms with van der Waals surface area (Å²) in [4.78, 5) is 0. The van der Waals surface area contributed by atoms with Crippen LogP contribution in [-0.4, -0.2) is 19.9 Å². The van der Waals surface area contributed by atoms with E-state index in [0.29, 0.717) is 0 Å². The van der Waals surface area contributed by atoms with E-state index in [0.717, 1.165) is 18.4 Å². The summed E-state index contributed by atoms with van der Waals surface area (Å²) >= 11 is 0. The Bertz CT molecular complexity index is 485. The van der Waals surface area contributed by atoms with E-state index in [9.17, 15) is 17.2 Å². The number of rotatable bonds is 4. The highest BCUT2D eigenvalue weighted by molar-refractivity contribution is 7.91. The number of nitrogens with one attached hydrogen (secondary N) is 1. The molecule has 7 heteroatoms. The Morgan fingerprint density at radius 2 is 1.76 bits per heavy atom. The minimum absolute atomic E-state index is 0.368. The minimum atomic E-state index is -3.47. The van der Waals surface area contributed by atoms with E-state index >= 15 is 0 Å². The van der Waals surface area contributed by atoms with E-state index in [1.54, 1.807) is 0 Å². The number of benzene rings is 1. The Hall–Kier alpha value is -1.05. The maximum absolute atomic E-state index is 13.5. The largest absolute Gasteiger partial charge is 0.271 e. The summed E-state index contributed by atoms with van der Waals surface area (Å²) in [7, 11) is -3.47. The van der Waals surface area contributed by atoms with Gasteiger partial charge < -0.3 is 0 Å². The van der Waals surface area contributed by atoms with Crippen molar-refractivity contribution in [2.24, 2.45) is 5.84 Å². The molecule has 0 saturated heterocycles. The Labute approximate surface area is 98.7 Å². The van der Waals surface area contributed by atoms with Gasteiger partial charge in [-0.1, -0.05) is 6.07 Å². The third-order valence-corrected chi connectivity index (χ3v) is 4.26. The zero-order valence-corrected chi connectivity index (χ0v) is 10.3. The van der Waals surface area contributed by atoms with Crippen molar-refractivity contribution in [1.29, 1.82) is 0 Å². The van der Waals surface area contributed by atoms with Crippen molar-refractivity contribution in [3.05, 3.63) is 35.4 Å². The number of halogens is 2. The van der Waals surface area contributed by atoms with Gasteiger partial charge in [-0.2, -0.15) is 0 Å². The summed E-state index contributed by atoms with van der Waals surface area (Å²) < 4.78 is 49.8. The zero-order valence-electron chi connectivity index (χ0n) is 9.44. The summed E-state index contributed by atoms with van der Waals surface area (Å²) in [6, 6.07) is 2.17. The normalized spacial score (nSPS) is 15.6. The lowest BCUT2D eigenvalue weighted by Crippen LogP contribution is -2.39. The molecule has 2 unspecified atom stereocenters. The summed E-state index contributed by atoms with van der Waals surface area (Å²) in [6.07, 6.45) is 0.987. The lowest BCUT2D eigenvalue weighted by molar-refractivity contribution is 0.460. The van der Waals surface area contributed by atoms with E-state index < -0.39 is 32.8 Å². The molecule has 2 atom stereocenters. The van der Waals surface area contributed by atoms with Gasteiger partial charge in [0.2, 0.25) is 0 Å². The van der Waals surface area contributed by atoms with Gasteiger partial charge in [-0.25, -0.2) is 17.2 Å². The van der Waals surface area contributed by atoms with Crippen molar-refractivity contribution in [3.8, 4) is 0 Å². The van der Waals surface area contributed by atoms with Crippen LogP contribution in [0.25, 0.3) is 0 Å². The van der Waals surface area contributed by atoms with E-state index in [1.165, 1.54) is 13.0 Å². The second-order valence-corrected chi connectivity index (χ2v) is 6.22. The van der Waals surface area contributed by atoms with Crippen LogP contribution in [-0.2, 0) is 9.84 Å². The SMILES string of the molecule is CC(C(NN)c1c(F)cccc1F)S(C)(=O)=O. The predicted molar refractivity (Wildman–Crippen MR) is 60.7 cm³/mol. The van der Waals surface area contributed by atoms with Crippen LogP contribution in [0.2, 0.25) is 0 Å². The summed E-state index contributed by atoms with van der Waals surface area (Å²) in [5.41, 5.74) is 1.78. The van der Waals surface area contributed by atoms with E-state index in [-0.39, 0.29) is 5.56 Å². The van der Waals surface area contributed by atoms with Gasteiger partial charge in [0.1, 0.15) is 11.6 Å². The molecule has 0 spiro atoms. The fourth-order valence-corrected chi connectivity index (χ4v) is 2.22. The lowest BCUT2D eigenvalue weighted by atomic mass is 10.0. The van der Waals surface area contributed by atoms with Crippen LogP contribution >= 0.6 is 0 Å². The second-order valence-electron chi connectivity index (χ2n) is 3.81. The molecule has 4 nitrogen and oxygen atoms in total. The molecule has 0 heterocycles. The maximum atomic E-state index is 13.5. The smallest absolute Gasteiger partial charge is 0.151 e. The third kappa shape index (κ3) is 2.99. The molecule has 0 aliphatic heterocycles. The van der Waals surface area contributed by atoms with Crippen LogP contribution in [0.1, 0.15) is 18.5 Å². The van der Waals surface area contributed by atoms with Gasteiger partial charge in [0, 0.05) is 11.8 Å². The highest BCUT2D eigenvalue weighted by Crippen LogP contribution is 2.25. The van der Waals surface area contributed by atoms with Crippen molar-refractivity contribution >= 4 is 9.84 Å². The minimum Gasteiger partial charge on any atom is -0.271 e. The Balaban J connectivity index is 3.28. The van der Waals surface area contributed by atoms with Gasteiger partial charge in [-0.05, 0) is 19.1 Å². The molecular weight excluding hydrogens is 250 g/mol. The Morgan fingerprint density at radius 1 is 1.29 bits per heavy atom. The first kappa shape index (κ1) is 14.0. The summed E-state index contributed by atoms with van der Waals surface area (Å²) in [5, 5.41) is -1.04. The molecule has 3 N–H and O–H groups in total. The molecule has 1 aromatic carbocycles. The van der Waals surface area contributed by atoms with Gasteiger partial charge in [-0.3, -0.25) is 11.3 Å². The summed E-state index contributed by atoms with van der Waals surface area (Å²) in [5.74, 6) is 3.53. The molecule has 0 aromatic heterocycles. The second kappa shape index (κ2) is 5.07. The number of sulfone groups is 1. The highest BCUT2D eigenvalue weighted by atomic mass is 32.2. The van der Waals surface area contributed by atoms with Crippen LogP contribution in [0.3, 0.4) is 0 Å². The molecular formula is C10H14F2N2O2S. The number of hydrogen-bond donors (Lipinski definition) is 2. The molecule has 0 saturated carbocycles. The molecule has 96 valence electrons. The Morgan fingerprint density at radius 3 is 2.12 bits per heavy atom. The molecule has 0 aliphatic rings. The van der Waals surface area contributed by atoms with Crippen molar-refractivity contribution in [1.82, 2.24) is 5.43 Å². The van der Waals surface area contributed by atoms with E-state index in [4.69, 9.17) is 5.84 Å². The fourth-order valence-electron chi connectivity index (χ4n) is 1.51. The maximum Gasteiger partial charge on any atom is 0.151 e. The first-order chi connectivity index (χ1) is 7.79. The van der Waals surface area contributed by atoms with Crippen LogP contribution in [0, 0.1) is 11.6 Å². The summed E-state index contributed by atoms with van der Waals surface area (Å²) in [6.45, 7) is 1.34.